The molecule has 1 aromatic heterocycles. The Hall–Kier alpha value is -1.63. The van der Waals surface area contributed by atoms with Crippen LogP contribution >= 0.6 is 11.3 Å². The Morgan fingerprint density at radius 1 is 1.56 bits per heavy atom. The van der Waals surface area contributed by atoms with Gasteiger partial charge in [0.15, 0.2) is 5.13 Å². The number of aryl methyl sites for hydroxylation is 1. The van der Waals surface area contributed by atoms with Gasteiger partial charge in [0.25, 0.3) is 0 Å². The van der Waals surface area contributed by atoms with Crippen molar-refractivity contribution in [1.29, 1.82) is 0 Å². The van der Waals surface area contributed by atoms with Gasteiger partial charge in [0, 0.05) is 17.6 Å². The molecule has 0 saturated carbocycles. The third kappa shape index (κ3) is 4.70. The number of hydrogen-bond donors (Lipinski definition) is 3. The van der Waals surface area contributed by atoms with Gasteiger partial charge in [0.2, 0.25) is 0 Å². The summed E-state index contributed by atoms with van der Waals surface area (Å²) < 4.78 is 0. The van der Waals surface area contributed by atoms with Crippen molar-refractivity contribution >= 4 is 28.5 Å². The molecule has 1 rings (SSSR count). The van der Waals surface area contributed by atoms with Crippen molar-refractivity contribution < 1.29 is 14.7 Å². The lowest BCUT2D eigenvalue weighted by molar-refractivity contribution is -0.141. The number of anilines is 1. The number of carbonyl (C=O) groups is 2. The minimum Gasteiger partial charge on any atom is -0.481 e. The molecule has 1 atom stereocenters. The zero-order chi connectivity index (χ0) is 13.5. The van der Waals surface area contributed by atoms with Crippen molar-refractivity contribution in [3.05, 3.63) is 11.1 Å². The van der Waals surface area contributed by atoms with Crippen LogP contribution in [-0.4, -0.2) is 28.6 Å². The van der Waals surface area contributed by atoms with Crippen LogP contribution in [0, 0.1) is 12.8 Å². The van der Waals surface area contributed by atoms with E-state index in [2.05, 4.69) is 15.6 Å². The number of aromatic nitrogens is 1. The van der Waals surface area contributed by atoms with Gasteiger partial charge in [0.05, 0.1) is 5.92 Å². The minimum absolute atomic E-state index is 0.124. The fourth-order valence-corrected chi connectivity index (χ4v) is 2.09. The third-order valence-electron chi connectivity index (χ3n) is 2.34. The molecule has 0 aliphatic rings. The van der Waals surface area contributed by atoms with Crippen LogP contribution in [0.4, 0.5) is 9.93 Å². The fourth-order valence-electron chi connectivity index (χ4n) is 1.43. The number of rotatable bonds is 6. The molecular formula is C11H17N3O3S. The van der Waals surface area contributed by atoms with E-state index in [-0.39, 0.29) is 6.54 Å². The number of carboxylic acids is 1. The van der Waals surface area contributed by atoms with Crippen molar-refractivity contribution in [3.8, 4) is 0 Å². The Kier molecular flexibility index (Phi) is 5.57. The molecule has 7 heteroatoms. The maximum Gasteiger partial charge on any atom is 0.321 e. The fraction of sp³-hybridized carbons (Fsp3) is 0.545. The summed E-state index contributed by atoms with van der Waals surface area (Å²) in [5.74, 6) is -1.43. The summed E-state index contributed by atoms with van der Waals surface area (Å²) in [6.45, 7) is 3.93. The summed E-state index contributed by atoms with van der Waals surface area (Å²) in [4.78, 5) is 27.4. The quantitative estimate of drug-likeness (QED) is 0.738. The lowest BCUT2D eigenvalue weighted by Gasteiger charge is -2.12. The summed E-state index contributed by atoms with van der Waals surface area (Å²) in [5, 5.41) is 14.5. The normalized spacial score (nSPS) is 11.9. The van der Waals surface area contributed by atoms with Crippen LogP contribution in [0.3, 0.4) is 0 Å². The number of urea groups is 1. The molecule has 18 heavy (non-hydrogen) atoms. The zero-order valence-corrected chi connectivity index (χ0v) is 11.2. The Bertz CT molecular complexity index is 419. The second-order valence-electron chi connectivity index (χ2n) is 3.93. The highest BCUT2D eigenvalue weighted by Gasteiger charge is 2.17. The topological polar surface area (TPSA) is 91.3 Å². The second kappa shape index (κ2) is 6.95. The van der Waals surface area contributed by atoms with E-state index in [1.54, 1.807) is 6.20 Å². The average molecular weight is 271 g/mol. The van der Waals surface area contributed by atoms with Gasteiger partial charge >= 0.3 is 12.0 Å². The van der Waals surface area contributed by atoms with Gasteiger partial charge in [0.1, 0.15) is 0 Å². The molecule has 2 amide bonds. The van der Waals surface area contributed by atoms with Gasteiger partial charge in [-0.25, -0.2) is 9.78 Å². The van der Waals surface area contributed by atoms with E-state index >= 15 is 0 Å². The number of carbonyl (C=O) groups excluding carboxylic acids is 1. The van der Waals surface area contributed by atoms with E-state index in [1.807, 2.05) is 13.8 Å². The molecule has 0 aliphatic heterocycles. The van der Waals surface area contributed by atoms with E-state index in [0.29, 0.717) is 11.6 Å². The molecule has 0 fully saturated rings. The number of carboxylic acid groups (broad SMARTS) is 1. The zero-order valence-electron chi connectivity index (χ0n) is 10.4. The van der Waals surface area contributed by atoms with Crippen LogP contribution in [0.1, 0.15) is 24.6 Å². The predicted octanol–water partition coefficient (Wildman–Crippen LogP) is 2.07. The van der Waals surface area contributed by atoms with Crippen LogP contribution < -0.4 is 10.6 Å². The maximum absolute atomic E-state index is 11.5. The molecule has 0 aliphatic carbocycles. The molecule has 0 bridgehead atoms. The molecule has 1 unspecified atom stereocenters. The van der Waals surface area contributed by atoms with Crippen LogP contribution in [-0.2, 0) is 4.79 Å². The molecule has 0 saturated heterocycles. The number of nitrogens with zero attached hydrogens (tertiary/aromatic N) is 1. The first kappa shape index (κ1) is 14.4. The van der Waals surface area contributed by atoms with Crippen molar-refractivity contribution in [3.63, 3.8) is 0 Å². The number of nitrogens with one attached hydrogen (secondary N) is 2. The summed E-state index contributed by atoms with van der Waals surface area (Å²) in [6, 6.07) is -0.424. The Morgan fingerprint density at radius 2 is 2.28 bits per heavy atom. The molecule has 6 nitrogen and oxygen atoms in total. The van der Waals surface area contributed by atoms with E-state index in [4.69, 9.17) is 5.11 Å². The predicted molar refractivity (Wildman–Crippen MR) is 69.9 cm³/mol. The van der Waals surface area contributed by atoms with Crippen molar-refractivity contribution in [2.24, 2.45) is 5.92 Å². The summed E-state index contributed by atoms with van der Waals surface area (Å²) in [5.41, 5.74) is 0. The molecule has 1 aromatic rings. The SMILES string of the molecule is CCCC(CNC(=O)Nc1ncc(C)s1)C(=O)O. The number of aliphatic carboxylic acids is 1. The molecule has 0 aromatic carbocycles. The molecule has 100 valence electrons. The maximum atomic E-state index is 11.5. The molecule has 3 N–H and O–H groups in total. The van der Waals surface area contributed by atoms with E-state index in [1.165, 1.54) is 11.3 Å². The van der Waals surface area contributed by atoms with Gasteiger partial charge in [-0.2, -0.15) is 0 Å². The van der Waals surface area contributed by atoms with Crippen LogP contribution in [0.25, 0.3) is 0 Å². The first-order chi connectivity index (χ1) is 8.52. The molecule has 1 heterocycles. The Labute approximate surface area is 109 Å². The lowest BCUT2D eigenvalue weighted by Crippen LogP contribution is -2.35. The molecule has 0 spiro atoms. The standard InChI is InChI=1S/C11H17N3O3S/c1-3-4-8(9(15)16)6-12-10(17)14-11-13-5-7(2)18-11/h5,8H,3-4,6H2,1-2H3,(H,15,16)(H2,12,13,14,17). The Morgan fingerprint density at radius 3 is 2.78 bits per heavy atom. The number of amides is 2. The number of hydrogen-bond acceptors (Lipinski definition) is 4. The van der Waals surface area contributed by atoms with Crippen molar-refractivity contribution in [2.45, 2.75) is 26.7 Å². The van der Waals surface area contributed by atoms with E-state index < -0.39 is 17.9 Å². The number of thiazole rings is 1. The van der Waals surface area contributed by atoms with Crippen LogP contribution in [0.2, 0.25) is 0 Å². The highest BCUT2D eigenvalue weighted by Crippen LogP contribution is 2.16. The highest BCUT2D eigenvalue weighted by atomic mass is 32.1. The first-order valence-electron chi connectivity index (χ1n) is 5.73. The van der Waals surface area contributed by atoms with E-state index in [0.717, 1.165) is 11.3 Å². The first-order valence-corrected chi connectivity index (χ1v) is 6.54. The molecule has 0 radical (unpaired) electrons. The van der Waals surface area contributed by atoms with Crippen LogP contribution in [0.5, 0.6) is 0 Å². The lowest BCUT2D eigenvalue weighted by atomic mass is 10.0. The highest BCUT2D eigenvalue weighted by molar-refractivity contribution is 7.15. The van der Waals surface area contributed by atoms with Crippen molar-refractivity contribution in [2.75, 3.05) is 11.9 Å². The van der Waals surface area contributed by atoms with Gasteiger partial charge < -0.3 is 10.4 Å². The van der Waals surface area contributed by atoms with Gasteiger partial charge in [-0.05, 0) is 13.3 Å². The average Bonchev–Trinajstić information content (AvgIpc) is 2.69. The summed E-state index contributed by atoms with van der Waals surface area (Å²) in [6.07, 6.45) is 2.98. The van der Waals surface area contributed by atoms with Crippen LogP contribution in [0.15, 0.2) is 6.20 Å². The van der Waals surface area contributed by atoms with Gasteiger partial charge in [-0.15, -0.1) is 11.3 Å². The van der Waals surface area contributed by atoms with E-state index in [9.17, 15) is 9.59 Å². The van der Waals surface area contributed by atoms with Crippen molar-refractivity contribution in [1.82, 2.24) is 10.3 Å². The monoisotopic (exact) mass is 271 g/mol. The minimum atomic E-state index is -0.887. The smallest absolute Gasteiger partial charge is 0.321 e. The van der Waals surface area contributed by atoms with Gasteiger partial charge in [-0.3, -0.25) is 10.1 Å². The second-order valence-corrected chi connectivity index (χ2v) is 5.17. The summed E-state index contributed by atoms with van der Waals surface area (Å²) in [7, 11) is 0. The molecular weight excluding hydrogens is 254 g/mol. The third-order valence-corrected chi connectivity index (χ3v) is 3.17. The Balaban J connectivity index is 2.38. The summed E-state index contributed by atoms with van der Waals surface area (Å²) >= 11 is 1.37. The largest absolute Gasteiger partial charge is 0.481 e. The van der Waals surface area contributed by atoms with Gasteiger partial charge in [-0.1, -0.05) is 13.3 Å².